The highest BCUT2D eigenvalue weighted by Crippen LogP contribution is 2.72. The molecule has 3 saturated carbocycles. The number of rotatable bonds is 0. The molecule has 0 aromatic rings. The predicted molar refractivity (Wildman–Crippen MR) is 121 cm³/mol. The molecule has 5 fully saturated rings. The lowest BCUT2D eigenvalue weighted by Gasteiger charge is -2.61. The average Bonchev–Trinajstić information content (AvgIpc) is 3.25. The number of allylic oxidation sites excluding steroid dienone is 2. The Morgan fingerprint density at radius 2 is 1.73 bits per heavy atom. The molecule has 168 valence electrons. The first-order valence-electron chi connectivity index (χ1n) is 13.2. The first kappa shape index (κ1) is 20.3. The van der Waals surface area contributed by atoms with Crippen LogP contribution in [0.15, 0.2) is 11.6 Å². The van der Waals surface area contributed by atoms with E-state index in [1.807, 2.05) is 0 Å². The molecule has 1 spiro atoms. The van der Waals surface area contributed by atoms with Gasteiger partial charge in [0.05, 0.1) is 11.7 Å². The third-order valence-electron chi connectivity index (χ3n) is 11.9. The molecule has 4 aliphatic carbocycles. The third-order valence-corrected chi connectivity index (χ3v) is 11.9. The van der Waals surface area contributed by atoms with Crippen molar-refractivity contribution in [2.75, 3.05) is 0 Å². The first-order chi connectivity index (χ1) is 14.1. The van der Waals surface area contributed by atoms with Gasteiger partial charge in [-0.05, 0) is 113 Å². The zero-order valence-electron chi connectivity index (χ0n) is 20.3. The molecule has 0 bridgehead atoms. The second-order valence-electron chi connectivity index (χ2n) is 13.3. The van der Waals surface area contributed by atoms with Crippen molar-refractivity contribution < 1.29 is 9.47 Å². The zero-order valence-corrected chi connectivity index (χ0v) is 20.3. The van der Waals surface area contributed by atoms with Crippen molar-refractivity contribution in [1.82, 2.24) is 0 Å². The Balaban J connectivity index is 1.31. The molecule has 2 aliphatic heterocycles. The van der Waals surface area contributed by atoms with Crippen molar-refractivity contribution in [2.45, 2.75) is 117 Å². The van der Waals surface area contributed by atoms with Crippen molar-refractivity contribution in [3.05, 3.63) is 11.6 Å². The fourth-order valence-corrected chi connectivity index (χ4v) is 10.3. The van der Waals surface area contributed by atoms with Crippen LogP contribution in [-0.4, -0.2) is 17.5 Å². The molecule has 30 heavy (non-hydrogen) atoms. The lowest BCUT2D eigenvalue weighted by Crippen LogP contribution is -2.54. The smallest absolute Gasteiger partial charge is 0.172 e. The van der Waals surface area contributed by atoms with Gasteiger partial charge in [-0.3, -0.25) is 0 Å². The molecule has 2 unspecified atom stereocenters. The Morgan fingerprint density at radius 3 is 2.47 bits per heavy atom. The van der Waals surface area contributed by atoms with E-state index in [0.29, 0.717) is 28.8 Å². The molecule has 0 radical (unpaired) electrons. The topological polar surface area (TPSA) is 18.5 Å². The molecule has 2 nitrogen and oxygen atoms in total. The van der Waals surface area contributed by atoms with E-state index >= 15 is 0 Å². The van der Waals surface area contributed by atoms with E-state index in [1.165, 1.54) is 44.9 Å². The van der Waals surface area contributed by atoms with Crippen LogP contribution in [-0.2, 0) is 9.47 Å². The van der Waals surface area contributed by atoms with E-state index in [0.717, 1.165) is 36.5 Å². The van der Waals surface area contributed by atoms with Gasteiger partial charge in [0.15, 0.2) is 5.79 Å². The zero-order chi connectivity index (χ0) is 21.1. The molecule has 6 aliphatic rings. The Bertz CT molecular complexity index is 769. The molecule has 2 saturated heterocycles. The fraction of sp³-hybridized carbons (Fsp3) is 0.929. The Kier molecular flexibility index (Phi) is 4.16. The summed E-state index contributed by atoms with van der Waals surface area (Å²) in [5.74, 6) is 4.51. The van der Waals surface area contributed by atoms with Gasteiger partial charge in [-0.25, -0.2) is 0 Å². The molecular formula is C28H44O2. The van der Waals surface area contributed by atoms with Crippen molar-refractivity contribution >= 4 is 0 Å². The van der Waals surface area contributed by atoms with Crippen LogP contribution < -0.4 is 0 Å². The van der Waals surface area contributed by atoms with Gasteiger partial charge in [-0.2, -0.15) is 0 Å². The van der Waals surface area contributed by atoms with E-state index in [2.05, 4.69) is 47.6 Å². The van der Waals surface area contributed by atoms with Crippen LogP contribution in [0.2, 0.25) is 0 Å². The van der Waals surface area contributed by atoms with E-state index in [9.17, 15) is 0 Å². The highest BCUT2D eigenvalue weighted by atomic mass is 16.7. The van der Waals surface area contributed by atoms with Gasteiger partial charge in [0.1, 0.15) is 0 Å². The van der Waals surface area contributed by atoms with Crippen molar-refractivity contribution in [3.63, 3.8) is 0 Å². The number of hydrogen-bond donors (Lipinski definition) is 0. The molecule has 0 N–H and O–H groups in total. The molecule has 2 heteroatoms. The van der Waals surface area contributed by atoms with Gasteiger partial charge in [0.25, 0.3) is 0 Å². The summed E-state index contributed by atoms with van der Waals surface area (Å²) in [7, 11) is 0. The van der Waals surface area contributed by atoms with Crippen LogP contribution in [0.1, 0.15) is 99.3 Å². The summed E-state index contributed by atoms with van der Waals surface area (Å²) in [6.07, 6.45) is 15.1. The monoisotopic (exact) mass is 412 g/mol. The third kappa shape index (κ3) is 2.39. The largest absolute Gasteiger partial charge is 0.346 e. The highest BCUT2D eigenvalue weighted by molar-refractivity contribution is 5.23. The SMILES string of the molecule is CC1=CCCC2CC[C@H]3[C@@H]4C[C@@H]5OC6(CCC(C)(C)O6)[C@@H](C)[C@@H]5[C@@]4(C)CC[C@@H]3[C@@]12C. The van der Waals surface area contributed by atoms with Gasteiger partial charge in [0.2, 0.25) is 0 Å². The van der Waals surface area contributed by atoms with Crippen molar-refractivity contribution in [2.24, 2.45) is 46.3 Å². The maximum Gasteiger partial charge on any atom is 0.172 e. The van der Waals surface area contributed by atoms with E-state index in [4.69, 9.17) is 9.47 Å². The van der Waals surface area contributed by atoms with E-state index < -0.39 is 0 Å². The summed E-state index contributed by atoms with van der Waals surface area (Å²) < 4.78 is 13.6. The molecule has 10 atom stereocenters. The van der Waals surface area contributed by atoms with Crippen LogP contribution in [0.5, 0.6) is 0 Å². The number of fused-ring (bicyclic) bond motifs is 7. The van der Waals surface area contributed by atoms with Crippen molar-refractivity contribution in [1.29, 1.82) is 0 Å². The van der Waals surface area contributed by atoms with E-state index in [-0.39, 0.29) is 11.4 Å². The Hall–Kier alpha value is -0.340. The summed E-state index contributed by atoms with van der Waals surface area (Å²) in [4.78, 5) is 0. The summed E-state index contributed by atoms with van der Waals surface area (Å²) in [5.41, 5.74) is 2.61. The Labute approximate surface area is 184 Å². The standard InChI is InChI=1S/C28H44O2/c1-17-8-7-9-19-10-11-20-21(27(17,19)6)12-13-26(5)22(20)16-23-24(26)18(2)28(29-23)15-14-25(3,4)30-28/h8,18-24H,7,9-16H2,1-6H3/t18-,19?,20+,21-,22-,23-,24-,26-,27-,28?/m0/s1. The van der Waals surface area contributed by atoms with Gasteiger partial charge >= 0.3 is 0 Å². The van der Waals surface area contributed by atoms with Crippen molar-refractivity contribution in [3.8, 4) is 0 Å². The van der Waals surface area contributed by atoms with E-state index in [1.54, 1.807) is 5.57 Å². The quantitative estimate of drug-likeness (QED) is 0.394. The Morgan fingerprint density at radius 1 is 0.933 bits per heavy atom. The second-order valence-corrected chi connectivity index (χ2v) is 13.3. The summed E-state index contributed by atoms with van der Waals surface area (Å²) in [6, 6.07) is 0. The number of hydrogen-bond acceptors (Lipinski definition) is 2. The van der Waals surface area contributed by atoms with Gasteiger partial charge < -0.3 is 9.47 Å². The maximum atomic E-state index is 6.94. The van der Waals surface area contributed by atoms with Gasteiger partial charge in [-0.1, -0.05) is 32.4 Å². The molecule has 0 aromatic carbocycles. The first-order valence-corrected chi connectivity index (χ1v) is 13.2. The summed E-state index contributed by atoms with van der Waals surface area (Å²) in [5, 5.41) is 0. The minimum Gasteiger partial charge on any atom is -0.346 e. The van der Waals surface area contributed by atoms with Crippen LogP contribution in [0.4, 0.5) is 0 Å². The fourth-order valence-electron chi connectivity index (χ4n) is 10.3. The second kappa shape index (κ2) is 6.16. The average molecular weight is 413 g/mol. The lowest BCUT2D eigenvalue weighted by atomic mass is 9.44. The predicted octanol–water partition coefficient (Wildman–Crippen LogP) is 7.13. The van der Waals surface area contributed by atoms with Crippen LogP contribution >= 0.6 is 0 Å². The maximum absolute atomic E-state index is 6.94. The minimum absolute atomic E-state index is 0.0251. The molecule has 0 aromatic heterocycles. The molecule has 2 heterocycles. The summed E-state index contributed by atoms with van der Waals surface area (Å²) >= 11 is 0. The molecule has 6 rings (SSSR count). The van der Waals surface area contributed by atoms with Crippen LogP contribution in [0.25, 0.3) is 0 Å². The van der Waals surface area contributed by atoms with Crippen LogP contribution in [0, 0.1) is 46.3 Å². The van der Waals surface area contributed by atoms with Gasteiger partial charge in [0, 0.05) is 12.3 Å². The van der Waals surface area contributed by atoms with Crippen LogP contribution in [0.3, 0.4) is 0 Å². The lowest BCUT2D eigenvalue weighted by molar-refractivity contribution is -0.254. The highest BCUT2D eigenvalue weighted by Gasteiger charge is 2.70. The summed E-state index contributed by atoms with van der Waals surface area (Å²) in [6.45, 7) is 14.7. The molecular weight excluding hydrogens is 368 g/mol. The molecule has 0 amide bonds. The van der Waals surface area contributed by atoms with Gasteiger partial charge in [-0.15, -0.1) is 0 Å². The minimum atomic E-state index is -0.296. The number of ether oxygens (including phenoxy) is 2. The normalized spacial score (nSPS) is 58.7.